The van der Waals surface area contributed by atoms with Crippen LogP contribution in [0, 0.1) is 0 Å². The van der Waals surface area contributed by atoms with Gasteiger partial charge in [-0.3, -0.25) is 18.6 Å². The summed E-state index contributed by atoms with van der Waals surface area (Å²) in [5.41, 5.74) is 0. The molecular formula is C32H53NO9P+. The number of aliphatic hydroxyl groups is 1. The SMILES string of the molecule is CC/C=C\C/C=C\C/C=C\C/C=C\C=C/C(O)C/C=C\CCC(=O)O[C@H](COC(C)=O)COP(=O)(O)OCC[N+](C)(C)C. The second-order valence-electron chi connectivity index (χ2n) is 10.7. The number of allylic oxidation sites excluding steroid dienone is 10. The molecule has 0 saturated heterocycles. The number of hydrogen-bond acceptors (Lipinski definition) is 8. The van der Waals surface area contributed by atoms with Gasteiger partial charge in [0, 0.05) is 13.3 Å². The lowest BCUT2D eigenvalue weighted by Crippen LogP contribution is -2.37. The molecule has 0 aliphatic heterocycles. The maximum atomic E-state index is 12.3. The Labute approximate surface area is 258 Å². The molecule has 0 aromatic rings. The largest absolute Gasteiger partial charge is 0.472 e. The van der Waals surface area contributed by atoms with Crippen molar-refractivity contribution in [3.63, 3.8) is 0 Å². The van der Waals surface area contributed by atoms with Crippen LogP contribution in [0.2, 0.25) is 0 Å². The molecule has 11 heteroatoms. The lowest BCUT2D eigenvalue weighted by atomic mass is 10.2. The van der Waals surface area contributed by atoms with Crippen LogP contribution < -0.4 is 0 Å². The number of phosphoric acid groups is 1. The summed E-state index contributed by atoms with van der Waals surface area (Å²) < 4.78 is 32.7. The molecule has 244 valence electrons. The molecule has 0 saturated carbocycles. The van der Waals surface area contributed by atoms with Crippen molar-refractivity contribution in [1.82, 2.24) is 0 Å². The number of nitrogens with zero attached hydrogens (tertiary/aromatic N) is 1. The van der Waals surface area contributed by atoms with Gasteiger partial charge in [-0.15, -0.1) is 0 Å². The number of likely N-dealkylation sites (N-methyl/N-ethyl adjacent to an activating group) is 1. The van der Waals surface area contributed by atoms with Crippen molar-refractivity contribution in [3.05, 3.63) is 72.9 Å². The van der Waals surface area contributed by atoms with Gasteiger partial charge in [-0.1, -0.05) is 79.8 Å². The predicted molar refractivity (Wildman–Crippen MR) is 170 cm³/mol. The van der Waals surface area contributed by atoms with Crippen molar-refractivity contribution < 1.29 is 47.2 Å². The van der Waals surface area contributed by atoms with Gasteiger partial charge in [0.15, 0.2) is 6.10 Å². The summed E-state index contributed by atoms with van der Waals surface area (Å²) in [7, 11) is 1.34. The summed E-state index contributed by atoms with van der Waals surface area (Å²) in [5.74, 6) is -1.19. The third kappa shape index (κ3) is 29.3. The highest BCUT2D eigenvalue weighted by Gasteiger charge is 2.26. The van der Waals surface area contributed by atoms with Gasteiger partial charge in [-0.05, 0) is 38.5 Å². The number of ether oxygens (including phenoxy) is 2. The second kappa shape index (κ2) is 24.8. The quantitative estimate of drug-likeness (QED) is 0.0452. The zero-order valence-corrected chi connectivity index (χ0v) is 27.4. The first kappa shape index (κ1) is 40.4. The summed E-state index contributed by atoms with van der Waals surface area (Å²) >= 11 is 0. The molecule has 3 atom stereocenters. The van der Waals surface area contributed by atoms with E-state index in [0.29, 0.717) is 23.9 Å². The van der Waals surface area contributed by atoms with Gasteiger partial charge in [0.2, 0.25) is 0 Å². The number of phosphoric ester groups is 1. The molecule has 2 N–H and O–H groups in total. The van der Waals surface area contributed by atoms with Gasteiger partial charge in [0.05, 0.1) is 33.9 Å². The van der Waals surface area contributed by atoms with Gasteiger partial charge >= 0.3 is 19.8 Å². The first-order valence-corrected chi connectivity index (χ1v) is 16.2. The van der Waals surface area contributed by atoms with Gasteiger partial charge < -0.3 is 24.0 Å². The Hall–Kier alpha value is -2.59. The average molecular weight is 627 g/mol. The first-order valence-electron chi connectivity index (χ1n) is 14.7. The summed E-state index contributed by atoms with van der Waals surface area (Å²) in [6.45, 7) is 2.98. The Kier molecular flexibility index (Phi) is 23.3. The van der Waals surface area contributed by atoms with E-state index in [2.05, 4.69) is 43.4 Å². The molecule has 0 aromatic carbocycles. The van der Waals surface area contributed by atoms with Crippen LogP contribution in [0.3, 0.4) is 0 Å². The van der Waals surface area contributed by atoms with E-state index in [-0.39, 0.29) is 19.6 Å². The zero-order chi connectivity index (χ0) is 32.4. The molecule has 0 aromatic heterocycles. The molecule has 0 heterocycles. The minimum Gasteiger partial charge on any atom is -0.462 e. The lowest BCUT2D eigenvalue weighted by Gasteiger charge is -2.24. The van der Waals surface area contributed by atoms with Crippen molar-refractivity contribution in [2.45, 2.75) is 71.0 Å². The molecule has 0 radical (unpaired) electrons. The van der Waals surface area contributed by atoms with E-state index in [9.17, 15) is 24.2 Å². The van der Waals surface area contributed by atoms with E-state index < -0.39 is 38.6 Å². The molecule has 2 unspecified atom stereocenters. The molecular weight excluding hydrogens is 573 g/mol. The van der Waals surface area contributed by atoms with Gasteiger partial charge in [0.25, 0.3) is 0 Å². The molecule has 0 spiro atoms. The van der Waals surface area contributed by atoms with E-state index in [0.717, 1.165) is 25.7 Å². The third-order valence-corrected chi connectivity index (χ3v) is 6.39. The Balaban J connectivity index is 4.36. The molecule has 0 fully saturated rings. The first-order chi connectivity index (χ1) is 20.3. The topological polar surface area (TPSA) is 129 Å². The maximum Gasteiger partial charge on any atom is 0.472 e. The van der Waals surface area contributed by atoms with E-state index >= 15 is 0 Å². The second-order valence-corrected chi connectivity index (χ2v) is 12.1. The number of carbonyl (C=O) groups excluding carboxylic acids is 2. The van der Waals surface area contributed by atoms with Crippen molar-refractivity contribution in [1.29, 1.82) is 0 Å². The summed E-state index contributed by atoms with van der Waals surface area (Å²) in [6, 6.07) is 0. The molecule has 0 amide bonds. The van der Waals surface area contributed by atoms with E-state index in [1.54, 1.807) is 24.3 Å². The van der Waals surface area contributed by atoms with Crippen molar-refractivity contribution in [3.8, 4) is 0 Å². The molecule has 10 nitrogen and oxygen atoms in total. The minimum absolute atomic E-state index is 0.00701. The van der Waals surface area contributed by atoms with Gasteiger partial charge in [0.1, 0.15) is 19.8 Å². The predicted octanol–water partition coefficient (Wildman–Crippen LogP) is 5.75. The number of hydrogen-bond donors (Lipinski definition) is 2. The average Bonchev–Trinajstić information content (AvgIpc) is 2.91. The van der Waals surface area contributed by atoms with Crippen molar-refractivity contribution in [2.75, 3.05) is 47.5 Å². The molecule has 43 heavy (non-hydrogen) atoms. The Morgan fingerprint density at radius 1 is 0.860 bits per heavy atom. The minimum atomic E-state index is -4.38. The molecule has 0 rings (SSSR count). The van der Waals surface area contributed by atoms with Crippen LogP contribution in [0.15, 0.2) is 72.9 Å². The van der Waals surface area contributed by atoms with Crippen LogP contribution in [-0.4, -0.2) is 86.1 Å². The smallest absolute Gasteiger partial charge is 0.462 e. The number of quaternary nitrogens is 1. The highest BCUT2D eigenvalue weighted by molar-refractivity contribution is 7.47. The van der Waals surface area contributed by atoms with E-state index in [1.165, 1.54) is 6.92 Å². The summed E-state index contributed by atoms with van der Waals surface area (Å²) in [5, 5.41) is 10.1. The van der Waals surface area contributed by atoms with Crippen molar-refractivity contribution in [2.24, 2.45) is 0 Å². The molecule has 0 aliphatic rings. The summed E-state index contributed by atoms with van der Waals surface area (Å²) in [4.78, 5) is 33.3. The van der Waals surface area contributed by atoms with Gasteiger partial charge in [-0.2, -0.15) is 0 Å². The maximum absolute atomic E-state index is 12.3. The zero-order valence-electron chi connectivity index (χ0n) is 26.5. The fourth-order valence-electron chi connectivity index (χ4n) is 3.08. The fraction of sp³-hybridized carbons (Fsp3) is 0.562. The van der Waals surface area contributed by atoms with Crippen LogP contribution in [0.25, 0.3) is 0 Å². The van der Waals surface area contributed by atoms with Crippen LogP contribution >= 0.6 is 7.82 Å². The fourth-order valence-corrected chi connectivity index (χ4v) is 3.82. The van der Waals surface area contributed by atoms with E-state index in [4.69, 9.17) is 18.5 Å². The highest BCUT2D eigenvalue weighted by atomic mass is 31.2. The standard InChI is InChI=1S/C32H52NO9P/c1-6-7-8-9-10-11-12-13-14-15-16-17-19-22-30(35)23-20-18-21-24-32(36)42-31(27-39-29(2)34)28-41-43(37,38)40-26-25-33(3,4)5/h7-8,10-11,13-14,16-20,22,30-31,35H,6,9,12,15,21,23-28H2,1-5H3/p+1/b8-7-,11-10-,14-13-,17-16-,20-18-,22-19-/t30?,31-/m1/s1. The Bertz CT molecular complexity index is 993. The summed E-state index contributed by atoms with van der Waals surface area (Å²) in [6.07, 6.45) is 26.6. The molecule has 0 bridgehead atoms. The Morgan fingerprint density at radius 2 is 1.49 bits per heavy atom. The van der Waals surface area contributed by atoms with Crippen LogP contribution in [0.1, 0.15) is 58.8 Å². The Morgan fingerprint density at radius 3 is 2.09 bits per heavy atom. The monoisotopic (exact) mass is 626 g/mol. The number of aliphatic hydroxyl groups excluding tert-OH is 1. The van der Waals surface area contributed by atoms with Gasteiger partial charge in [-0.25, -0.2) is 4.57 Å². The van der Waals surface area contributed by atoms with E-state index in [1.807, 2.05) is 33.3 Å². The van der Waals surface area contributed by atoms with Crippen molar-refractivity contribution >= 4 is 19.8 Å². The highest BCUT2D eigenvalue weighted by Crippen LogP contribution is 2.43. The number of rotatable bonds is 24. The van der Waals surface area contributed by atoms with Crippen LogP contribution in [0.4, 0.5) is 0 Å². The number of carbonyl (C=O) groups is 2. The normalized spacial score (nSPS) is 15.8. The number of esters is 2. The molecule has 0 aliphatic carbocycles. The third-order valence-electron chi connectivity index (χ3n) is 5.40. The lowest BCUT2D eigenvalue weighted by molar-refractivity contribution is -0.870. The van der Waals surface area contributed by atoms with Crippen LogP contribution in [0.5, 0.6) is 0 Å². The van der Waals surface area contributed by atoms with Crippen LogP contribution in [-0.2, 0) is 32.7 Å².